The van der Waals surface area contributed by atoms with E-state index in [1.54, 1.807) is 11.8 Å². The number of hydrogen-bond donors (Lipinski definition) is 1. The van der Waals surface area contributed by atoms with Crippen molar-refractivity contribution in [3.63, 3.8) is 0 Å². The van der Waals surface area contributed by atoms with Crippen LogP contribution < -0.4 is 5.32 Å². The molecule has 0 spiro atoms. The summed E-state index contributed by atoms with van der Waals surface area (Å²) in [6.45, 7) is 6.01. The minimum atomic E-state index is -0.119. The van der Waals surface area contributed by atoms with Gasteiger partial charge in [0.25, 0.3) is 5.95 Å². The molecule has 1 aliphatic rings. The second-order valence-corrected chi connectivity index (χ2v) is 8.12. The molecule has 0 aliphatic carbocycles. The zero-order valence-electron chi connectivity index (χ0n) is 16.6. The summed E-state index contributed by atoms with van der Waals surface area (Å²) in [5.41, 5.74) is 4.80. The van der Waals surface area contributed by atoms with Gasteiger partial charge in [-0.3, -0.25) is 10.1 Å². The Bertz CT molecular complexity index is 1150. The van der Waals surface area contributed by atoms with Crippen molar-refractivity contribution >= 4 is 46.2 Å². The van der Waals surface area contributed by atoms with Gasteiger partial charge in [0, 0.05) is 21.7 Å². The number of fused-ring (bicyclic) bond motifs is 1. The topological polar surface area (TPSA) is 79.6 Å². The Morgan fingerprint density at radius 3 is 2.59 bits per heavy atom. The first-order valence-corrected chi connectivity index (χ1v) is 10.3. The molecular formula is C22H21N5OS. The highest BCUT2D eigenvalue weighted by Gasteiger charge is 2.18. The molecule has 3 aromatic rings. The van der Waals surface area contributed by atoms with E-state index in [4.69, 9.17) is 0 Å². The normalized spacial score (nSPS) is 15.5. The van der Waals surface area contributed by atoms with Gasteiger partial charge in [-0.2, -0.15) is 4.99 Å². The molecule has 1 aliphatic heterocycles. The van der Waals surface area contributed by atoms with Crippen molar-refractivity contribution in [3.8, 4) is 0 Å². The summed E-state index contributed by atoms with van der Waals surface area (Å²) in [6, 6.07) is 14.3. The van der Waals surface area contributed by atoms with Crippen molar-refractivity contribution in [1.29, 1.82) is 0 Å². The predicted octanol–water partition coefficient (Wildman–Crippen LogP) is 4.30. The van der Waals surface area contributed by atoms with Gasteiger partial charge in [0.1, 0.15) is 0 Å². The zero-order valence-corrected chi connectivity index (χ0v) is 17.4. The van der Waals surface area contributed by atoms with Crippen LogP contribution in [0.3, 0.4) is 0 Å². The van der Waals surface area contributed by atoms with Crippen LogP contribution in [0.2, 0.25) is 0 Å². The summed E-state index contributed by atoms with van der Waals surface area (Å²) >= 11 is 1.65. The number of aromatic nitrogens is 2. The van der Waals surface area contributed by atoms with E-state index in [2.05, 4.69) is 56.5 Å². The fourth-order valence-corrected chi connectivity index (χ4v) is 3.87. The molecule has 1 aromatic heterocycles. The lowest BCUT2D eigenvalue weighted by atomic mass is 10.1. The molecule has 4 rings (SSSR count). The summed E-state index contributed by atoms with van der Waals surface area (Å²) in [4.78, 5) is 31.2. The first-order chi connectivity index (χ1) is 14.0. The van der Waals surface area contributed by atoms with E-state index in [1.807, 2.05) is 32.0 Å². The highest BCUT2D eigenvalue weighted by Crippen LogP contribution is 2.21. The lowest BCUT2D eigenvalue weighted by molar-refractivity contribution is -0.118. The molecule has 6 nitrogen and oxygen atoms in total. The monoisotopic (exact) mass is 403 g/mol. The third kappa shape index (κ3) is 4.68. The maximum atomic E-state index is 12.1. The second kappa shape index (κ2) is 8.13. The lowest BCUT2D eigenvalue weighted by Gasteiger charge is -2.14. The van der Waals surface area contributed by atoms with Crippen LogP contribution in [-0.2, 0) is 4.79 Å². The highest BCUT2D eigenvalue weighted by atomic mass is 32.2. The molecule has 29 heavy (non-hydrogen) atoms. The number of nitrogens with one attached hydrogen (secondary N) is 1. The smallest absolute Gasteiger partial charge is 0.253 e. The van der Waals surface area contributed by atoms with E-state index in [9.17, 15) is 4.79 Å². The number of carbonyl (C=O) groups excluding carboxylic acids is 1. The average Bonchev–Trinajstić information content (AvgIpc) is 2.67. The van der Waals surface area contributed by atoms with Gasteiger partial charge in [-0.05, 0) is 44.5 Å². The van der Waals surface area contributed by atoms with E-state index in [0.717, 1.165) is 32.8 Å². The SMILES string of the molecule is Cc1ccc(SCC2=NC(=Nc3nc(C)c4ccc(C)cc4n3)NC(=O)C2)cc1. The third-order valence-corrected chi connectivity index (χ3v) is 5.63. The van der Waals surface area contributed by atoms with Crippen LogP contribution >= 0.6 is 11.8 Å². The molecule has 1 N–H and O–H groups in total. The second-order valence-electron chi connectivity index (χ2n) is 7.07. The molecule has 0 atom stereocenters. The van der Waals surface area contributed by atoms with Crippen LogP contribution in [-0.4, -0.2) is 33.3 Å². The largest absolute Gasteiger partial charge is 0.294 e. The predicted molar refractivity (Wildman–Crippen MR) is 118 cm³/mol. The van der Waals surface area contributed by atoms with Gasteiger partial charge >= 0.3 is 0 Å². The maximum Gasteiger partial charge on any atom is 0.253 e. The van der Waals surface area contributed by atoms with Crippen molar-refractivity contribution in [1.82, 2.24) is 15.3 Å². The number of hydrogen-bond acceptors (Lipinski definition) is 5. The van der Waals surface area contributed by atoms with Crippen molar-refractivity contribution < 1.29 is 4.79 Å². The third-order valence-electron chi connectivity index (χ3n) is 4.54. The van der Waals surface area contributed by atoms with Crippen LogP contribution in [0.1, 0.15) is 23.2 Å². The Labute approximate surface area is 173 Å². The molecule has 2 aromatic carbocycles. The quantitative estimate of drug-likeness (QED) is 0.659. The average molecular weight is 404 g/mol. The Morgan fingerprint density at radius 2 is 1.79 bits per heavy atom. The van der Waals surface area contributed by atoms with Crippen LogP contribution in [0.5, 0.6) is 0 Å². The van der Waals surface area contributed by atoms with E-state index in [-0.39, 0.29) is 18.3 Å². The molecule has 0 saturated heterocycles. The Morgan fingerprint density at radius 1 is 1.03 bits per heavy atom. The van der Waals surface area contributed by atoms with E-state index in [0.29, 0.717) is 11.7 Å². The summed E-state index contributed by atoms with van der Waals surface area (Å²) in [5, 5.41) is 3.71. The van der Waals surface area contributed by atoms with Crippen LogP contribution in [0.4, 0.5) is 5.95 Å². The van der Waals surface area contributed by atoms with Gasteiger partial charge < -0.3 is 0 Å². The maximum absolute atomic E-state index is 12.1. The fourth-order valence-electron chi connectivity index (χ4n) is 3.04. The van der Waals surface area contributed by atoms with E-state index < -0.39 is 0 Å². The number of aryl methyl sites for hydroxylation is 3. The van der Waals surface area contributed by atoms with Gasteiger partial charge in [-0.15, -0.1) is 11.8 Å². The summed E-state index contributed by atoms with van der Waals surface area (Å²) in [7, 11) is 0. The van der Waals surface area contributed by atoms with E-state index >= 15 is 0 Å². The summed E-state index contributed by atoms with van der Waals surface area (Å²) in [6.07, 6.45) is 0.273. The fraction of sp³-hybridized carbons (Fsp3) is 0.227. The van der Waals surface area contributed by atoms with Gasteiger partial charge in [-0.25, -0.2) is 15.0 Å². The van der Waals surface area contributed by atoms with Crippen molar-refractivity contribution in [2.45, 2.75) is 32.1 Å². The lowest BCUT2D eigenvalue weighted by Crippen LogP contribution is -2.36. The number of guanidine groups is 1. The first-order valence-electron chi connectivity index (χ1n) is 9.36. The Hall–Kier alpha value is -3.06. The number of aliphatic imine (C=N–C) groups is 2. The first kappa shape index (κ1) is 19.3. The minimum absolute atomic E-state index is 0.119. The Kier molecular flexibility index (Phi) is 5.40. The molecule has 0 bridgehead atoms. The van der Waals surface area contributed by atoms with Crippen molar-refractivity contribution in [2.75, 3.05) is 5.75 Å². The molecular weight excluding hydrogens is 382 g/mol. The molecule has 2 heterocycles. The number of carbonyl (C=O) groups is 1. The zero-order chi connectivity index (χ0) is 20.4. The number of nitrogens with zero attached hydrogens (tertiary/aromatic N) is 4. The van der Waals surface area contributed by atoms with Gasteiger partial charge in [0.05, 0.1) is 17.6 Å². The number of benzene rings is 2. The molecule has 1 amide bonds. The van der Waals surface area contributed by atoms with Crippen LogP contribution in [0.15, 0.2) is 57.3 Å². The number of rotatable bonds is 4. The Balaban J connectivity index is 1.58. The molecule has 0 radical (unpaired) electrons. The van der Waals surface area contributed by atoms with Gasteiger partial charge in [-0.1, -0.05) is 29.8 Å². The number of amides is 1. The molecule has 0 unspecified atom stereocenters. The minimum Gasteiger partial charge on any atom is -0.294 e. The highest BCUT2D eigenvalue weighted by molar-refractivity contribution is 8.00. The summed E-state index contributed by atoms with van der Waals surface area (Å²) < 4.78 is 0. The number of thioether (sulfide) groups is 1. The molecule has 0 saturated carbocycles. The molecule has 146 valence electrons. The van der Waals surface area contributed by atoms with Crippen molar-refractivity contribution in [2.24, 2.45) is 9.98 Å². The van der Waals surface area contributed by atoms with Gasteiger partial charge in [0.15, 0.2) is 0 Å². The van der Waals surface area contributed by atoms with Crippen LogP contribution in [0, 0.1) is 20.8 Å². The standard InChI is InChI=1S/C22H21N5OS/c1-13-4-7-17(8-5-13)29-12-16-11-20(28)26-22(24-16)27-21-23-15(3)18-9-6-14(2)10-19(18)25-21/h4-10H,11-12H2,1-3H3,(H,23,25,26,27,28). The van der Waals surface area contributed by atoms with E-state index in [1.165, 1.54) is 5.56 Å². The van der Waals surface area contributed by atoms with Crippen LogP contribution in [0.25, 0.3) is 10.9 Å². The van der Waals surface area contributed by atoms with Gasteiger partial charge in [0.2, 0.25) is 11.9 Å². The molecule has 0 fully saturated rings. The molecule has 7 heteroatoms. The van der Waals surface area contributed by atoms with Crippen molar-refractivity contribution in [3.05, 3.63) is 59.3 Å². The summed E-state index contributed by atoms with van der Waals surface area (Å²) in [5.74, 6) is 1.05.